The van der Waals surface area contributed by atoms with Gasteiger partial charge in [0.15, 0.2) is 0 Å². The van der Waals surface area contributed by atoms with Gasteiger partial charge < -0.3 is 5.11 Å². The molecule has 0 heterocycles. The molecule has 0 unspecified atom stereocenters. The maximum absolute atomic E-state index is 10.5. The Morgan fingerprint density at radius 3 is 2.47 bits per heavy atom. The molecule has 0 aliphatic heterocycles. The Morgan fingerprint density at radius 2 is 1.77 bits per heavy atom. The fourth-order valence-electron chi connectivity index (χ4n) is 7.94. The molecule has 0 amide bonds. The van der Waals surface area contributed by atoms with E-state index in [-0.39, 0.29) is 6.10 Å². The summed E-state index contributed by atoms with van der Waals surface area (Å²) in [5, 5.41) is 10.5. The predicted molar refractivity (Wildman–Crippen MR) is 128 cm³/mol. The molecule has 30 heavy (non-hydrogen) atoms. The molecule has 4 aliphatic carbocycles. The number of fused-ring (bicyclic) bond motifs is 4. The lowest BCUT2D eigenvalue weighted by atomic mass is 9.49. The first-order valence-corrected chi connectivity index (χ1v) is 12.9. The van der Waals surface area contributed by atoms with Crippen molar-refractivity contribution in [2.45, 2.75) is 93.1 Å². The van der Waals surface area contributed by atoms with Crippen LogP contribution in [0, 0.1) is 52.3 Å². The van der Waals surface area contributed by atoms with Crippen LogP contribution in [0.2, 0.25) is 0 Å². The minimum Gasteiger partial charge on any atom is -0.393 e. The number of aliphatic hydroxyl groups excluding tert-OH is 1. The van der Waals surface area contributed by atoms with Crippen LogP contribution in [0.3, 0.4) is 0 Å². The van der Waals surface area contributed by atoms with E-state index >= 15 is 0 Å². The number of hydrogen-bond donors (Lipinski definition) is 1. The van der Waals surface area contributed by atoms with Crippen molar-refractivity contribution in [1.29, 1.82) is 0 Å². The summed E-state index contributed by atoms with van der Waals surface area (Å²) in [5.74, 6) is 4.46. The highest BCUT2D eigenvalue weighted by Crippen LogP contribution is 2.64. The summed E-state index contributed by atoms with van der Waals surface area (Å²) in [6, 6.07) is 0. The molecule has 0 aromatic carbocycles. The highest BCUT2D eigenvalue weighted by molar-refractivity contribution is 5.42. The SMILES string of the molecule is CC(C)[C@@H](C)/C=C/[C@@H](C)[C@H]1CCC2=C3C=C[C@H]4[C@H](C)[C@@H](O)CC[C@]4(C)[C@H]3CC[C@@]21C. The Hall–Kier alpha value is -0.820. The molecule has 0 aromatic heterocycles. The van der Waals surface area contributed by atoms with E-state index in [9.17, 15) is 5.11 Å². The van der Waals surface area contributed by atoms with Gasteiger partial charge in [-0.3, -0.25) is 0 Å². The Bertz CT molecular complexity index is 741. The van der Waals surface area contributed by atoms with E-state index in [2.05, 4.69) is 72.8 Å². The smallest absolute Gasteiger partial charge is 0.0571 e. The quantitative estimate of drug-likeness (QED) is 0.474. The summed E-state index contributed by atoms with van der Waals surface area (Å²) in [7, 11) is 0. The number of allylic oxidation sites excluding steroid dienone is 6. The monoisotopic (exact) mass is 410 g/mol. The number of rotatable bonds is 4. The topological polar surface area (TPSA) is 20.2 Å². The molecule has 1 heteroatoms. The highest BCUT2D eigenvalue weighted by Gasteiger charge is 2.55. The zero-order valence-electron chi connectivity index (χ0n) is 20.6. The Balaban J connectivity index is 1.63. The fraction of sp³-hybridized carbons (Fsp3) is 0.793. The molecule has 168 valence electrons. The molecular formula is C29H46O. The van der Waals surface area contributed by atoms with Gasteiger partial charge in [-0.1, -0.05) is 78.3 Å². The minimum atomic E-state index is -0.118. The van der Waals surface area contributed by atoms with Crippen LogP contribution in [0.5, 0.6) is 0 Å². The van der Waals surface area contributed by atoms with Crippen LogP contribution in [0.15, 0.2) is 35.5 Å². The summed E-state index contributed by atoms with van der Waals surface area (Å²) in [6.45, 7) is 16.9. The van der Waals surface area contributed by atoms with Crippen LogP contribution in [0.4, 0.5) is 0 Å². The fourth-order valence-corrected chi connectivity index (χ4v) is 7.94. The summed E-state index contributed by atoms with van der Waals surface area (Å²) in [4.78, 5) is 0. The summed E-state index contributed by atoms with van der Waals surface area (Å²) in [6.07, 6.45) is 17.4. The Morgan fingerprint density at radius 1 is 1.03 bits per heavy atom. The second kappa shape index (κ2) is 7.95. The maximum atomic E-state index is 10.5. The van der Waals surface area contributed by atoms with E-state index < -0.39 is 0 Å². The van der Waals surface area contributed by atoms with Crippen molar-refractivity contribution < 1.29 is 5.11 Å². The van der Waals surface area contributed by atoms with Crippen LogP contribution >= 0.6 is 0 Å². The normalized spacial score (nSPS) is 45.4. The zero-order chi connectivity index (χ0) is 21.8. The molecule has 0 spiro atoms. The average Bonchev–Trinajstić information content (AvgIpc) is 3.06. The molecule has 9 atom stereocenters. The van der Waals surface area contributed by atoms with Gasteiger partial charge in [-0.2, -0.15) is 0 Å². The van der Waals surface area contributed by atoms with E-state index in [1.54, 1.807) is 11.1 Å². The van der Waals surface area contributed by atoms with Crippen molar-refractivity contribution in [2.75, 3.05) is 0 Å². The van der Waals surface area contributed by atoms with E-state index in [1.165, 1.54) is 32.1 Å². The van der Waals surface area contributed by atoms with Gasteiger partial charge in [0, 0.05) is 0 Å². The number of aliphatic hydroxyl groups is 1. The van der Waals surface area contributed by atoms with Gasteiger partial charge in [-0.15, -0.1) is 0 Å². The molecule has 0 aromatic rings. The number of hydrogen-bond acceptors (Lipinski definition) is 1. The first-order valence-electron chi connectivity index (χ1n) is 12.9. The largest absolute Gasteiger partial charge is 0.393 e. The van der Waals surface area contributed by atoms with E-state index in [4.69, 9.17) is 0 Å². The molecule has 0 saturated heterocycles. The van der Waals surface area contributed by atoms with Crippen molar-refractivity contribution in [3.63, 3.8) is 0 Å². The van der Waals surface area contributed by atoms with Crippen molar-refractivity contribution in [2.24, 2.45) is 52.3 Å². The van der Waals surface area contributed by atoms with Crippen LogP contribution in [0.1, 0.15) is 87.0 Å². The van der Waals surface area contributed by atoms with Crippen molar-refractivity contribution in [3.05, 3.63) is 35.5 Å². The lowest BCUT2D eigenvalue weighted by molar-refractivity contribution is -0.0443. The van der Waals surface area contributed by atoms with Crippen LogP contribution in [-0.4, -0.2) is 11.2 Å². The molecule has 4 aliphatic rings. The van der Waals surface area contributed by atoms with Gasteiger partial charge in [0.05, 0.1) is 6.10 Å². The zero-order valence-corrected chi connectivity index (χ0v) is 20.6. The van der Waals surface area contributed by atoms with Gasteiger partial charge in [0.1, 0.15) is 0 Å². The first-order chi connectivity index (χ1) is 14.1. The first kappa shape index (κ1) is 22.4. The van der Waals surface area contributed by atoms with Gasteiger partial charge in [0.2, 0.25) is 0 Å². The van der Waals surface area contributed by atoms with Crippen molar-refractivity contribution in [1.82, 2.24) is 0 Å². The van der Waals surface area contributed by atoms with E-state index in [0.29, 0.717) is 40.4 Å². The third-order valence-electron chi connectivity index (χ3n) is 10.5. The molecular weight excluding hydrogens is 364 g/mol. The second-order valence-electron chi connectivity index (χ2n) is 12.3. The predicted octanol–water partition coefficient (Wildman–Crippen LogP) is 7.58. The average molecular weight is 411 g/mol. The minimum absolute atomic E-state index is 0.118. The van der Waals surface area contributed by atoms with Crippen LogP contribution < -0.4 is 0 Å². The van der Waals surface area contributed by atoms with E-state index in [1.807, 2.05) is 0 Å². The molecule has 1 nitrogen and oxygen atoms in total. The molecule has 4 rings (SSSR count). The van der Waals surface area contributed by atoms with Crippen molar-refractivity contribution >= 4 is 0 Å². The van der Waals surface area contributed by atoms with Gasteiger partial charge in [-0.05, 0) is 96.4 Å². The summed E-state index contributed by atoms with van der Waals surface area (Å²) < 4.78 is 0. The Labute approximate surface area is 186 Å². The third-order valence-corrected chi connectivity index (χ3v) is 10.5. The van der Waals surface area contributed by atoms with Crippen LogP contribution in [0.25, 0.3) is 0 Å². The molecule has 2 fully saturated rings. The summed E-state index contributed by atoms with van der Waals surface area (Å²) in [5.41, 5.74) is 4.23. The molecule has 0 bridgehead atoms. The molecule has 1 N–H and O–H groups in total. The van der Waals surface area contributed by atoms with E-state index in [0.717, 1.165) is 18.3 Å². The molecule has 0 radical (unpaired) electrons. The summed E-state index contributed by atoms with van der Waals surface area (Å²) >= 11 is 0. The highest BCUT2D eigenvalue weighted by atomic mass is 16.3. The van der Waals surface area contributed by atoms with Gasteiger partial charge >= 0.3 is 0 Å². The molecule has 2 saturated carbocycles. The lowest BCUT2D eigenvalue weighted by Crippen LogP contribution is -2.50. The Kier molecular flexibility index (Phi) is 5.93. The lowest BCUT2D eigenvalue weighted by Gasteiger charge is -2.56. The van der Waals surface area contributed by atoms with Gasteiger partial charge in [0.25, 0.3) is 0 Å². The maximum Gasteiger partial charge on any atom is 0.0571 e. The van der Waals surface area contributed by atoms with Crippen molar-refractivity contribution in [3.8, 4) is 0 Å². The van der Waals surface area contributed by atoms with Gasteiger partial charge in [-0.25, -0.2) is 0 Å². The standard InChI is InChI=1S/C29H46O/c1-18(2)19(3)8-9-20(4)23-12-13-25-22-10-11-24-21(5)27(30)15-17-29(24,7)26(22)14-16-28(23,25)6/h8-11,18-21,23-24,26-27,30H,12-17H2,1-7H3/b9-8+/t19-,20+,21-,23+,24-,26-,27-,28+,29-/m0/s1. The van der Waals surface area contributed by atoms with Crippen LogP contribution in [-0.2, 0) is 0 Å². The second-order valence-corrected chi connectivity index (χ2v) is 12.3. The third kappa shape index (κ3) is 3.39.